The van der Waals surface area contributed by atoms with Crippen LogP contribution in [0.3, 0.4) is 0 Å². The highest BCUT2D eigenvalue weighted by molar-refractivity contribution is 7.18. The quantitative estimate of drug-likeness (QED) is 0.895. The highest BCUT2D eigenvalue weighted by Crippen LogP contribution is 2.22. The molecule has 0 atom stereocenters. The van der Waals surface area contributed by atoms with Gasteiger partial charge in [-0.15, -0.1) is 11.3 Å². The summed E-state index contributed by atoms with van der Waals surface area (Å²) < 4.78 is 0.588. The smallest absolute Gasteiger partial charge is 0.265 e. The molecule has 0 fully saturated rings. The van der Waals surface area contributed by atoms with Gasteiger partial charge in [-0.05, 0) is 19.1 Å². The summed E-state index contributed by atoms with van der Waals surface area (Å²) >= 11 is 6.97. The highest BCUT2D eigenvalue weighted by Gasteiger charge is 2.08. The lowest BCUT2D eigenvalue weighted by Crippen LogP contribution is -2.10. The van der Waals surface area contributed by atoms with Gasteiger partial charge >= 0.3 is 0 Å². The topological polar surface area (TPSA) is 54.9 Å². The maximum atomic E-state index is 11.7. The molecule has 4 nitrogen and oxygen atoms in total. The molecule has 0 aliphatic rings. The minimum atomic E-state index is -0.204. The third-order valence-electron chi connectivity index (χ3n) is 1.84. The van der Waals surface area contributed by atoms with Crippen molar-refractivity contribution in [3.63, 3.8) is 0 Å². The summed E-state index contributed by atoms with van der Waals surface area (Å²) in [6, 6.07) is 3.37. The fourth-order valence-electron chi connectivity index (χ4n) is 1.09. The van der Waals surface area contributed by atoms with Gasteiger partial charge < -0.3 is 5.32 Å². The summed E-state index contributed by atoms with van der Waals surface area (Å²) in [5.74, 6) is 0.460. The van der Waals surface area contributed by atoms with Gasteiger partial charge in [-0.3, -0.25) is 4.79 Å². The molecule has 82 valence electrons. The molecule has 6 heteroatoms. The Labute approximate surface area is 101 Å². The summed E-state index contributed by atoms with van der Waals surface area (Å²) in [4.78, 5) is 20.2. The van der Waals surface area contributed by atoms with Crippen LogP contribution in [0.25, 0.3) is 0 Å². The molecule has 16 heavy (non-hydrogen) atoms. The van der Waals surface area contributed by atoms with Crippen LogP contribution in [0.2, 0.25) is 4.34 Å². The molecule has 0 spiro atoms. The molecule has 2 heterocycles. The molecule has 2 aromatic rings. The Hall–Kier alpha value is -1.46. The van der Waals surface area contributed by atoms with Gasteiger partial charge in [0.05, 0.1) is 27.3 Å². The molecule has 0 radical (unpaired) electrons. The number of nitrogens with one attached hydrogen (secondary N) is 1. The van der Waals surface area contributed by atoms with Gasteiger partial charge in [0.25, 0.3) is 5.91 Å². The monoisotopic (exact) mass is 253 g/mol. The van der Waals surface area contributed by atoms with Gasteiger partial charge in [0, 0.05) is 0 Å². The van der Waals surface area contributed by atoms with E-state index in [-0.39, 0.29) is 5.91 Å². The van der Waals surface area contributed by atoms with Crippen LogP contribution < -0.4 is 5.32 Å². The Balaban J connectivity index is 2.10. The minimum Gasteiger partial charge on any atom is -0.319 e. The van der Waals surface area contributed by atoms with E-state index in [9.17, 15) is 4.79 Å². The first kappa shape index (κ1) is 11.0. The fourth-order valence-corrected chi connectivity index (χ4v) is 2.02. The number of aryl methyl sites for hydroxylation is 1. The predicted octanol–water partition coefficient (Wildman–Crippen LogP) is 2.75. The molecule has 0 unspecified atom stereocenters. The second-order valence-electron chi connectivity index (χ2n) is 3.08. The summed E-state index contributed by atoms with van der Waals surface area (Å²) in [5, 5.41) is 2.69. The van der Waals surface area contributed by atoms with Crippen LogP contribution in [0.15, 0.2) is 24.5 Å². The van der Waals surface area contributed by atoms with Crippen molar-refractivity contribution < 1.29 is 4.79 Å². The van der Waals surface area contributed by atoms with E-state index in [4.69, 9.17) is 11.6 Å². The number of hydrogen-bond donors (Lipinski definition) is 1. The predicted molar refractivity (Wildman–Crippen MR) is 64.1 cm³/mol. The van der Waals surface area contributed by atoms with Gasteiger partial charge in [-0.1, -0.05) is 11.6 Å². The SMILES string of the molecule is Cc1ncc(NC(=O)c2ccc(Cl)s2)cn1. The molecule has 0 aliphatic carbocycles. The molecular weight excluding hydrogens is 246 g/mol. The molecular formula is C10H8ClN3OS. The van der Waals surface area contributed by atoms with Gasteiger partial charge in [-0.25, -0.2) is 9.97 Å². The number of rotatable bonds is 2. The summed E-state index contributed by atoms with van der Waals surface area (Å²) in [6.07, 6.45) is 3.13. The first-order valence-electron chi connectivity index (χ1n) is 4.50. The van der Waals surface area contributed by atoms with Gasteiger partial charge in [0.1, 0.15) is 5.82 Å². The second kappa shape index (κ2) is 4.59. The van der Waals surface area contributed by atoms with Gasteiger partial charge in [-0.2, -0.15) is 0 Å². The first-order valence-corrected chi connectivity index (χ1v) is 5.70. The van der Waals surface area contributed by atoms with Crippen LogP contribution >= 0.6 is 22.9 Å². The van der Waals surface area contributed by atoms with E-state index in [0.29, 0.717) is 20.7 Å². The lowest BCUT2D eigenvalue weighted by molar-refractivity contribution is 0.103. The Morgan fingerprint density at radius 1 is 1.38 bits per heavy atom. The number of carbonyl (C=O) groups excluding carboxylic acids is 1. The van der Waals surface area contributed by atoms with E-state index in [1.807, 2.05) is 0 Å². The van der Waals surface area contributed by atoms with Gasteiger partial charge in [0.2, 0.25) is 0 Å². The third kappa shape index (κ3) is 2.56. The van der Waals surface area contributed by atoms with E-state index in [1.165, 1.54) is 11.3 Å². The standard InChI is InChI=1S/C10H8ClN3OS/c1-6-12-4-7(5-13-6)14-10(15)8-2-3-9(11)16-8/h2-5H,1H3,(H,14,15). The number of hydrogen-bond acceptors (Lipinski definition) is 4. The first-order chi connectivity index (χ1) is 7.65. The zero-order chi connectivity index (χ0) is 11.5. The molecule has 2 aromatic heterocycles. The maximum Gasteiger partial charge on any atom is 0.265 e. The molecule has 0 aliphatic heterocycles. The number of aromatic nitrogens is 2. The van der Waals surface area contributed by atoms with Crippen molar-refractivity contribution in [2.75, 3.05) is 5.32 Å². The van der Waals surface area contributed by atoms with Crippen molar-refractivity contribution in [1.82, 2.24) is 9.97 Å². The number of carbonyl (C=O) groups is 1. The molecule has 0 bridgehead atoms. The molecule has 0 saturated heterocycles. The van der Waals surface area contributed by atoms with E-state index < -0.39 is 0 Å². The van der Waals surface area contributed by atoms with Crippen molar-refractivity contribution in [3.8, 4) is 0 Å². The van der Waals surface area contributed by atoms with Crippen molar-refractivity contribution in [2.45, 2.75) is 6.92 Å². The number of halogens is 1. The van der Waals surface area contributed by atoms with Crippen LogP contribution in [0.4, 0.5) is 5.69 Å². The Bertz CT molecular complexity index is 509. The zero-order valence-electron chi connectivity index (χ0n) is 8.40. The normalized spacial score (nSPS) is 10.1. The summed E-state index contributed by atoms with van der Waals surface area (Å²) in [5.41, 5.74) is 0.570. The average Bonchev–Trinajstić information content (AvgIpc) is 2.68. The largest absolute Gasteiger partial charge is 0.319 e. The number of nitrogens with zero attached hydrogens (tertiary/aromatic N) is 2. The van der Waals surface area contributed by atoms with Crippen LogP contribution in [0, 0.1) is 6.92 Å². The van der Waals surface area contributed by atoms with E-state index >= 15 is 0 Å². The summed E-state index contributed by atoms with van der Waals surface area (Å²) in [6.45, 7) is 1.78. The zero-order valence-corrected chi connectivity index (χ0v) is 9.97. The Morgan fingerprint density at radius 2 is 2.06 bits per heavy atom. The fraction of sp³-hybridized carbons (Fsp3) is 0.100. The number of anilines is 1. The van der Waals surface area contributed by atoms with Crippen LogP contribution in [-0.4, -0.2) is 15.9 Å². The van der Waals surface area contributed by atoms with Gasteiger partial charge in [0.15, 0.2) is 0 Å². The molecule has 2 rings (SSSR count). The average molecular weight is 254 g/mol. The molecule has 0 saturated carbocycles. The van der Waals surface area contributed by atoms with E-state index in [1.54, 1.807) is 31.5 Å². The van der Waals surface area contributed by atoms with Crippen LogP contribution in [-0.2, 0) is 0 Å². The molecule has 1 amide bonds. The highest BCUT2D eigenvalue weighted by atomic mass is 35.5. The third-order valence-corrected chi connectivity index (χ3v) is 3.07. The maximum absolute atomic E-state index is 11.7. The number of thiophene rings is 1. The van der Waals surface area contributed by atoms with Crippen molar-refractivity contribution in [3.05, 3.63) is 39.6 Å². The molecule has 1 N–H and O–H groups in total. The Kier molecular flexibility index (Phi) is 3.17. The molecule has 0 aromatic carbocycles. The summed E-state index contributed by atoms with van der Waals surface area (Å²) in [7, 11) is 0. The Morgan fingerprint density at radius 3 is 2.62 bits per heavy atom. The number of amides is 1. The van der Waals surface area contributed by atoms with Crippen molar-refractivity contribution in [1.29, 1.82) is 0 Å². The lowest BCUT2D eigenvalue weighted by atomic mass is 10.4. The van der Waals surface area contributed by atoms with Crippen molar-refractivity contribution in [2.24, 2.45) is 0 Å². The minimum absolute atomic E-state index is 0.204. The van der Waals surface area contributed by atoms with Crippen molar-refractivity contribution >= 4 is 34.5 Å². The van der Waals surface area contributed by atoms with Crippen LogP contribution in [0.5, 0.6) is 0 Å². The van der Waals surface area contributed by atoms with E-state index in [0.717, 1.165) is 0 Å². The lowest BCUT2D eigenvalue weighted by Gasteiger charge is -2.01. The van der Waals surface area contributed by atoms with Crippen LogP contribution in [0.1, 0.15) is 15.5 Å². The second-order valence-corrected chi connectivity index (χ2v) is 4.79. The van der Waals surface area contributed by atoms with E-state index in [2.05, 4.69) is 15.3 Å².